The van der Waals surface area contributed by atoms with Gasteiger partial charge in [0.25, 0.3) is 5.91 Å². The van der Waals surface area contributed by atoms with Crippen molar-refractivity contribution in [1.29, 1.82) is 0 Å². The topological polar surface area (TPSA) is 112 Å². The Labute approximate surface area is 142 Å². The minimum Gasteiger partial charge on any atom is -0.449 e. The van der Waals surface area contributed by atoms with E-state index in [9.17, 15) is 9.59 Å². The molecule has 3 aromatic rings. The van der Waals surface area contributed by atoms with Crippen LogP contribution in [-0.4, -0.2) is 37.9 Å². The van der Waals surface area contributed by atoms with Crippen molar-refractivity contribution >= 4 is 17.7 Å². The molecule has 1 aromatic carbocycles. The van der Waals surface area contributed by atoms with E-state index in [1.165, 1.54) is 13.3 Å². The van der Waals surface area contributed by atoms with E-state index in [2.05, 4.69) is 20.6 Å². The summed E-state index contributed by atoms with van der Waals surface area (Å²) in [4.78, 5) is 28.0. The summed E-state index contributed by atoms with van der Waals surface area (Å²) in [5.74, 6) is -0.278. The van der Waals surface area contributed by atoms with Gasteiger partial charge in [0.2, 0.25) is 0 Å². The number of carbonyl (C=O) groups is 2. The summed E-state index contributed by atoms with van der Waals surface area (Å²) in [7, 11) is 0. The number of nitrogens with zero attached hydrogens (tertiary/aromatic N) is 4. The number of nitrogens with one attached hydrogen (secondary N) is 1. The van der Waals surface area contributed by atoms with Crippen LogP contribution in [0.3, 0.4) is 0 Å². The van der Waals surface area contributed by atoms with Crippen molar-refractivity contribution in [3.05, 3.63) is 54.3 Å². The summed E-state index contributed by atoms with van der Waals surface area (Å²) in [6.45, 7) is 3.18. The Morgan fingerprint density at radius 3 is 2.64 bits per heavy atom. The van der Waals surface area contributed by atoms with Gasteiger partial charge in [-0.25, -0.2) is 14.5 Å². The standard InChI is InChI=1S/C16H15N5O4/c1-10-7-14(20-25-10)19-15(22)11(2)24-16(23)12-3-5-13(6-4-12)21-9-17-8-18-21/h3-9,11H,1-2H3,(H,19,20,22)/t11-/m1/s1. The van der Waals surface area contributed by atoms with Gasteiger partial charge >= 0.3 is 5.97 Å². The van der Waals surface area contributed by atoms with Gasteiger partial charge < -0.3 is 14.6 Å². The molecule has 1 amide bonds. The van der Waals surface area contributed by atoms with Crippen LogP contribution in [0.2, 0.25) is 0 Å². The molecule has 0 saturated heterocycles. The first kappa shape index (κ1) is 16.4. The highest BCUT2D eigenvalue weighted by molar-refractivity contribution is 5.96. The molecule has 2 aromatic heterocycles. The van der Waals surface area contributed by atoms with E-state index < -0.39 is 18.0 Å². The summed E-state index contributed by atoms with van der Waals surface area (Å²) in [6, 6.07) is 8.15. The van der Waals surface area contributed by atoms with Crippen molar-refractivity contribution in [2.75, 3.05) is 5.32 Å². The summed E-state index contributed by atoms with van der Waals surface area (Å²) in [5, 5.41) is 10.2. The Morgan fingerprint density at radius 2 is 2.04 bits per heavy atom. The van der Waals surface area contributed by atoms with Gasteiger partial charge in [-0.05, 0) is 38.1 Å². The smallest absolute Gasteiger partial charge is 0.338 e. The van der Waals surface area contributed by atoms with Crippen LogP contribution in [0, 0.1) is 6.92 Å². The Balaban J connectivity index is 1.60. The van der Waals surface area contributed by atoms with Crippen molar-refractivity contribution in [3.8, 4) is 5.69 Å². The van der Waals surface area contributed by atoms with E-state index in [1.807, 2.05) is 0 Å². The fourth-order valence-corrected chi connectivity index (χ4v) is 2.03. The normalized spacial score (nSPS) is 11.8. The molecule has 0 saturated carbocycles. The van der Waals surface area contributed by atoms with Crippen molar-refractivity contribution in [2.45, 2.75) is 20.0 Å². The second-order valence-corrected chi connectivity index (χ2v) is 5.25. The number of benzene rings is 1. The molecular weight excluding hydrogens is 326 g/mol. The monoisotopic (exact) mass is 341 g/mol. The minimum atomic E-state index is -0.987. The van der Waals surface area contributed by atoms with Gasteiger partial charge in [-0.1, -0.05) is 5.16 Å². The van der Waals surface area contributed by atoms with Crippen molar-refractivity contribution in [1.82, 2.24) is 19.9 Å². The quantitative estimate of drug-likeness (QED) is 0.703. The summed E-state index contributed by atoms with van der Waals surface area (Å²) in [6.07, 6.45) is 1.98. The minimum absolute atomic E-state index is 0.266. The molecule has 0 unspecified atom stereocenters. The zero-order chi connectivity index (χ0) is 17.8. The first-order chi connectivity index (χ1) is 12.0. The Hall–Kier alpha value is -3.49. The molecule has 0 spiro atoms. The molecule has 2 heterocycles. The van der Waals surface area contributed by atoms with Crippen LogP contribution >= 0.6 is 0 Å². The predicted molar refractivity (Wildman–Crippen MR) is 86.1 cm³/mol. The molecule has 0 aliphatic carbocycles. The molecule has 9 heteroatoms. The van der Waals surface area contributed by atoms with E-state index >= 15 is 0 Å². The van der Waals surface area contributed by atoms with Gasteiger partial charge in [0.05, 0.1) is 11.3 Å². The third kappa shape index (κ3) is 3.89. The lowest BCUT2D eigenvalue weighted by Crippen LogP contribution is -2.30. The molecule has 3 rings (SSSR count). The molecule has 1 N–H and O–H groups in total. The van der Waals surface area contributed by atoms with Gasteiger partial charge in [0.1, 0.15) is 18.4 Å². The number of amides is 1. The molecule has 0 bridgehead atoms. The lowest BCUT2D eigenvalue weighted by Gasteiger charge is -2.12. The molecule has 0 aliphatic heterocycles. The highest BCUT2D eigenvalue weighted by Crippen LogP contribution is 2.12. The maximum atomic E-state index is 12.1. The molecule has 1 atom stereocenters. The largest absolute Gasteiger partial charge is 0.449 e. The van der Waals surface area contributed by atoms with Crippen molar-refractivity contribution in [3.63, 3.8) is 0 Å². The van der Waals surface area contributed by atoms with E-state index in [4.69, 9.17) is 9.26 Å². The second kappa shape index (κ2) is 6.95. The fourth-order valence-electron chi connectivity index (χ4n) is 2.03. The summed E-state index contributed by atoms with van der Waals surface area (Å²) in [5.41, 5.74) is 1.07. The van der Waals surface area contributed by atoms with Gasteiger partial charge in [-0.2, -0.15) is 5.10 Å². The zero-order valence-electron chi connectivity index (χ0n) is 13.5. The molecule has 128 valence electrons. The molecule has 0 aliphatic rings. The van der Waals surface area contributed by atoms with Crippen LogP contribution in [0.5, 0.6) is 0 Å². The van der Waals surface area contributed by atoms with E-state index in [0.717, 1.165) is 5.69 Å². The average molecular weight is 341 g/mol. The van der Waals surface area contributed by atoms with Gasteiger partial charge in [0, 0.05) is 6.07 Å². The van der Waals surface area contributed by atoms with Crippen LogP contribution in [0.1, 0.15) is 23.0 Å². The van der Waals surface area contributed by atoms with Crippen molar-refractivity contribution in [2.24, 2.45) is 0 Å². The number of aromatic nitrogens is 4. The number of carbonyl (C=O) groups excluding carboxylic acids is 2. The maximum absolute atomic E-state index is 12.1. The lowest BCUT2D eigenvalue weighted by atomic mass is 10.2. The maximum Gasteiger partial charge on any atom is 0.338 e. The van der Waals surface area contributed by atoms with Gasteiger partial charge in [0.15, 0.2) is 11.9 Å². The SMILES string of the molecule is Cc1cc(NC(=O)[C@@H](C)OC(=O)c2ccc(-n3cncn3)cc2)no1. The molecule has 9 nitrogen and oxygen atoms in total. The van der Waals surface area contributed by atoms with Crippen LogP contribution in [0.25, 0.3) is 5.69 Å². The fraction of sp³-hybridized carbons (Fsp3) is 0.188. The van der Waals surface area contributed by atoms with E-state index in [0.29, 0.717) is 11.3 Å². The van der Waals surface area contributed by atoms with E-state index in [-0.39, 0.29) is 5.82 Å². The first-order valence-corrected chi connectivity index (χ1v) is 7.43. The number of aryl methyl sites for hydroxylation is 1. The molecular formula is C16H15N5O4. The lowest BCUT2D eigenvalue weighted by molar-refractivity contribution is -0.123. The van der Waals surface area contributed by atoms with Crippen molar-refractivity contribution < 1.29 is 18.8 Å². The Morgan fingerprint density at radius 1 is 1.28 bits per heavy atom. The van der Waals surface area contributed by atoms with Crippen LogP contribution in [-0.2, 0) is 9.53 Å². The highest BCUT2D eigenvalue weighted by atomic mass is 16.5. The third-order valence-corrected chi connectivity index (χ3v) is 3.32. The first-order valence-electron chi connectivity index (χ1n) is 7.43. The van der Waals surface area contributed by atoms with E-state index in [1.54, 1.807) is 48.3 Å². The molecule has 0 fully saturated rings. The summed E-state index contributed by atoms with van der Waals surface area (Å²) >= 11 is 0. The number of anilines is 1. The zero-order valence-corrected chi connectivity index (χ0v) is 13.5. The van der Waals surface area contributed by atoms with Gasteiger partial charge in [-0.15, -0.1) is 0 Å². The average Bonchev–Trinajstić information content (AvgIpc) is 3.27. The number of hydrogen-bond acceptors (Lipinski definition) is 7. The highest BCUT2D eigenvalue weighted by Gasteiger charge is 2.20. The molecule has 0 radical (unpaired) electrons. The number of esters is 1. The van der Waals surface area contributed by atoms with Crippen LogP contribution in [0.15, 0.2) is 47.5 Å². The van der Waals surface area contributed by atoms with Gasteiger partial charge in [-0.3, -0.25) is 4.79 Å². The number of hydrogen-bond donors (Lipinski definition) is 1. The third-order valence-electron chi connectivity index (χ3n) is 3.32. The summed E-state index contributed by atoms with van der Waals surface area (Å²) < 4.78 is 11.6. The second-order valence-electron chi connectivity index (χ2n) is 5.25. The Kier molecular flexibility index (Phi) is 4.55. The Bertz CT molecular complexity index is 870. The number of rotatable bonds is 5. The van der Waals surface area contributed by atoms with Crippen LogP contribution < -0.4 is 5.32 Å². The van der Waals surface area contributed by atoms with Crippen LogP contribution in [0.4, 0.5) is 5.82 Å². The molecule has 25 heavy (non-hydrogen) atoms. The number of ether oxygens (including phenoxy) is 1. The predicted octanol–water partition coefficient (Wildman–Crippen LogP) is 1.75.